The molecule has 5 nitrogen and oxygen atoms in total. The molecule has 1 saturated heterocycles. The first-order valence-electron chi connectivity index (χ1n) is 4.39. The minimum absolute atomic E-state index is 0.125. The van der Waals surface area contributed by atoms with E-state index in [1.807, 2.05) is 0 Å². The van der Waals surface area contributed by atoms with Crippen molar-refractivity contribution in [1.82, 2.24) is 10.2 Å². The molecule has 0 aromatic rings. The molecule has 0 unspecified atom stereocenters. The second-order valence-electron chi connectivity index (χ2n) is 3.20. The number of hydrogen-bond acceptors (Lipinski definition) is 2. The van der Waals surface area contributed by atoms with Gasteiger partial charge in [0.1, 0.15) is 6.04 Å². The van der Waals surface area contributed by atoms with Crippen LogP contribution in [0, 0.1) is 0 Å². The second-order valence-corrected chi connectivity index (χ2v) is 3.20. The fourth-order valence-corrected chi connectivity index (χ4v) is 1.46. The normalized spacial score (nSPS) is 18.4. The van der Waals surface area contributed by atoms with Crippen LogP contribution in [-0.4, -0.2) is 41.1 Å². The number of carbonyl (C=O) groups is 2. The molecular formula is C8H14N2O3. The molecule has 1 aliphatic rings. The van der Waals surface area contributed by atoms with Gasteiger partial charge in [0, 0.05) is 13.1 Å². The van der Waals surface area contributed by atoms with Crippen LogP contribution in [0.25, 0.3) is 0 Å². The van der Waals surface area contributed by atoms with E-state index >= 15 is 0 Å². The summed E-state index contributed by atoms with van der Waals surface area (Å²) in [6.07, 6.45) is 0.886. The highest BCUT2D eigenvalue weighted by Crippen LogP contribution is 2.08. The number of hydrogen-bond donors (Lipinski definition) is 2. The maximum atomic E-state index is 11.5. The first kappa shape index (κ1) is 9.83. The summed E-state index contributed by atoms with van der Waals surface area (Å²) in [5, 5.41) is 10.5. The Kier molecular flexibility index (Phi) is 3.11. The van der Waals surface area contributed by atoms with E-state index in [0.29, 0.717) is 0 Å². The van der Waals surface area contributed by atoms with E-state index in [4.69, 9.17) is 5.11 Å². The molecule has 2 N–H and O–H groups in total. The van der Waals surface area contributed by atoms with Gasteiger partial charge in [0.25, 0.3) is 0 Å². The number of rotatable bonds is 2. The van der Waals surface area contributed by atoms with Crippen LogP contribution in [-0.2, 0) is 4.79 Å². The summed E-state index contributed by atoms with van der Waals surface area (Å²) in [7, 11) is 0. The summed E-state index contributed by atoms with van der Waals surface area (Å²) in [4.78, 5) is 23.4. The molecule has 0 saturated carbocycles. The average molecular weight is 186 g/mol. The zero-order chi connectivity index (χ0) is 9.84. The van der Waals surface area contributed by atoms with Gasteiger partial charge in [-0.2, -0.15) is 0 Å². The molecule has 1 fully saturated rings. The first-order valence-corrected chi connectivity index (χ1v) is 4.39. The Morgan fingerprint density at radius 2 is 1.92 bits per heavy atom. The molecule has 0 spiro atoms. The zero-order valence-corrected chi connectivity index (χ0v) is 7.62. The minimum atomic E-state index is -1.15. The number of likely N-dealkylation sites (tertiary alicyclic amines) is 1. The highest BCUT2D eigenvalue weighted by molar-refractivity contribution is 5.85. The number of carbonyl (C=O) groups excluding carboxylic acids is 1. The summed E-state index contributed by atoms with van der Waals surface area (Å²) in [6.45, 7) is 3.07. The maximum absolute atomic E-state index is 11.5. The first-order chi connectivity index (χ1) is 6.11. The zero-order valence-electron chi connectivity index (χ0n) is 7.62. The van der Waals surface area contributed by atoms with E-state index in [-0.39, 0.29) is 5.91 Å². The van der Waals surface area contributed by atoms with Crippen molar-refractivity contribution in [2.24, 2.45) is 0 Å². The predicted molar refractivity (Wildman–Crippen MR) is 46.4 cm³/mol. The van der Waals surface area contributed by atoms with Gasteiger partial charge in [-0.1, -0.05) is 0 Å². The summed E-state index contributed by atoms with van der Waals surface area (Å²) in [5.41, 5.74) is 0. The third-order valence-corrected chi connectivity index (χ3v) is 2.13. The Morgan fingerprint density at radius 3 is 2.38 bits per heavy atom. The van der Waals surface area contributed by atoms with Crippen LogP contribution in [0.15, 0.2) is 0 Å². The van der Waals surface area contributed by atoms with E-state index in [0.717, 1.165) is 25.9 Å². The smallest absolute Gasteiger partial charge is 0.405 e. The van der Waals surface area contributed by atoms with Crippen molar-refractivity contribution >= 4 is 12.0 Å². The minimum Gasteiger partial charge on any atom is -0.465 e. The Morgan fingerprint density at radius 1 is 1.38 bits per heavy atom. The largest absolute Gasteiger partial charge is 0.465 e. The Bertz CT molecular complexity index is 211. The summed E-state index contributed by atoms with van der Waals surface area (Å²) < 4.78 is 0. The summed E-state index contributed by atoms with van der Waals surface area (Å²) in [6, 6.07) is -0.629. The van der Waals surface area contributed by atoms with Crippen molar-refractivity contribution < 1.29 is 14.7 Å². The van der Waals surface area contributed by atoms with Crippen molar-refractivity contribution in [3.8, 4) is 0 Å². The SMILES string of the molecule is C[C@@H](NC(=O)O)C(=O)N1CCCC1. The molecule has 5 heteroatoms. The molecule has 2 amide bonds. The van der Waals surface area contributed by atoms with Crippen LogP contribution in [0.1, 0.15) is 19.8 Å². The molecule has 13 heavy (non-hydrogen) atoms. The topological polar surface area (TPSA) is 69.6 Å². The quantitative estimate of drug-likeness (QED) is 0.650. The average Bonchev–Trinajstić information content (AvgIpc) is 2.53. The lowest BCUT2D eigenvalue weighted by atomic mass is 10.3. The number of amides is 2. The van der Waals surface area contributed by atoms with Crippen molar-refractivity contribution in [2.45, 2.75) is 25.8 Å². The van der Waals surface area contributed by atoms with Gasteiger partial charge in [-0.3, -0.25) is 4.79 Å². The molecule has 1 heterocycles. The van der Waals surface area contributed by atoms with E-state index < -0.39 is 12.1 Å². The Hall–Kier alpha value is -1.26. The molecule has 0 aromatic heterocycles. The van der Waals surface area contributed by atoms with E-state index in [1.54, 1.807) is 11.8 Å². The van der Waals surface area contributed by atoms with Crippen molar-refractivity contribution in [2.75, 3.05) is 13.1 Å². The van der Waals surface area contributed by atoms with Crippen LogP contribution in [0.2, 0.25) is 0 Å². The van der Waals surface area contributed by atoms with Gasteiger partial charge >= 0.3 is 6.09 Å². The van der Waals surface area contributed by atoms with Crippen molar-refractivity contribution in [1.29, 1.82) is 0 Å². The molecule has 1 aliphatic heterocycles. The fraction of sp³-hybridized carbons (Fsp3) is 0.750. The van der Waals surface area contributed by atoms with Crippen molar-refractivity contribution in [3.05, 3.63) is 0 Å². The van der Waals surface area contributed by atoms with Gasteiger partial charge in [-0.25, -0.2) is 4.79 Å². The Balaban J connectivity index is 2.41. The van der Waals surface area contributed by atoms with Gasteiger partial charge in [0.15, 0.2) is 0 Å². The van der Waals surface area contributed by atoms with Crippen LogP contribution >= 0.6 is 0 Å². The molecular weight excluding hydrogens is 172 g/mol. The third-order valence-electron chi connectivity index (χ3n) is 2.13. The van der Waals surface area contributed by atoms with E-state index in [9.17, 15) is 9.59 Å². The molecule has 0 bridgehead atoms. The van der Waals surface area contributed by atoms with Crippen LogP contribution < -0.4 is 5.32 Å². The molecule has 1 rings (SSSR count). The van der Waals surface area contributed by atoms with E-state index in [2.05, 4.69) is 5.32 Å². The van der Waals surface area contributed by atoms with E-state index in [1.165, 1.54) is 0 Å². The highest BCUT2D eigenvalue weighted by Gasteiger charge is 2.23. The van der Waals surface area contributed by atoms with Gasteiger partial charge in [0.2, 0.25) is 5.91 Å². The third kappa shape index (κ3) is 2.61. The second kappa shape index (κ2) is 4.11. The molecule has 0 radical (unpaired) electrons. The predicted octanol–water partition coefficient (Wildman–Crippen LogP) is 0.265. The Labute approximate surface area is 76.7 Å². The number of nitrogens with one attached hydrogen (secondary N) is 1. The molecule has 0 aliphatic carbocycles. The maximum Gasteiger partial charge on any atom is 0.405 e. The standard InChI is InChI=1S/C8H14N2O3/c1-6(9-8(12)13)7(11)10-4-2-3-5-10/h6,9H,2-5H2,1H3,(H,12,13)/t6-/m1/s1. The lowest BCUT2D eigenvalue weighted by Gasteiger charge is -2.19. The van der Waals surface area contributed by atoms with Crippen LogP contribution in [0.4, 0.5) is 4.79 Å². The highest BCUT2D eigenvalue weighted by atomic mass is 16.4. The fourth-order valence-electron chi connectivity index (χ4n) is 1.46. The van der Waals surface area contributed by atoms with Crippen molar-refractivity contribution in [3.63, 3.8) is 0 Å². The summed E-state index contributed by atoms with van der Waals surface area (Å²) in [5.74, 6) is -0.125. The van der Waals surface area contributed by atoms with Gasteiger partial charge in [-0.15, -0.1) is 0 Å². The molecule has 1 atom stereocenters. The van der Waals surface area contributed by atoms with Gasteiger partial charge < -0.3 is 15.3 Å². The van der Waals surface area contributed by atoms with Crippen LogP contribution in [0.5, 0.6) is 0 Å². The summed E-state index contributed by atoms with van der Waals surface area (Å²) >= 11 is 0. The van der Waals surface area contributed by atoms with Gasteiger partial charge in [-0.05, 0) is 19.8 Å². The molecule has 0 aromatic carbocycles. The van der Waals surface area contributed by atoms with Gasteiger partial charge in [0.05, 0.1) is 0 Å². The van der Waals surface area contributed by atoms with Crippen LogP contribution in [0.3, 0.4) is 0 Å². The monoisotopic (exact) mass is 186 g/mol. The lowest BCUT2D eigenvalue weighted by Crippen LogP contribution is -2.45. The molecule has 74 valence electrons. The number of carboxylic acid groups (broad SMARTS) is 1. The lowest BCUT2D eigenvalue weighted by molar-refractivity contribution is -0.131. The number of nitrogens with zero attached hydrogens (tertiary/aromatic N) is 1.